The lowest BCUT2D eigenvalue weighted by molar-refractivity contribution is 0.0902. The van der Waals surface area contributed by atoms with Crippen LogP contribution in [-0.4, -0.2) is 70.1 Å². The number of hydrogen-bond acceptors (Lipinski definition) is 5. The molecule has 2 aliphatic rings. The van der Waals surface area contributed by atoms with Crippen LogP contribution in [0.3, 0.4) is 0 Å². The third-order valence-electron chi connectivity index (χ3n) is 4.68. The highest BCUT2D eigenvalue weighted by molar-refractivity contribution is 5.67. The van der Waals surface area contributed by atoms with Gasteiger partial charge in [-0.1, -0.05) is 0 Å². The molecule has 1 amide bonds. The zero-order chi connectivity index (χ0) is 16.2. The van der Waals surface area contributed by atoms with Gasteiger partial charge in [0.15, 0.2) is 0 Å². The fourth-order valence-corrected chi connectivity index (χ4v) is 3.32. The van der Waals surface area contributed by atoms with Gasteiger partial charge in [0.2, 0.25) is 0 Å². The monoisotopic (exact) mass is 323 g/mol. The van der Waals surface area contributed by atoms with Gasteiger partial charge in [0, 0.05) is 52.2 Å². The Hall–Kier alpha value is -1.83. The molecular formula is C15H25N5O3. The minimum absolute atomic E-state index is 0.0372. The number of ether oxygens (including phenoxy) is 1. The van der Waals surface area contributed by atoms with E-state index in [0.717, 1.165) is 57.7 Å². The van der Waals surface area contributed by atoms with Crippen LogP contribution < -0.4 is 5.69 Å². The van der Waals surface area contributed by atoms with E-state index in [1.807, 2.05) is 4.57 Å². The first-order chi connectivity index (χ1) is 11.2. The third-order valence-corrected chi connectivity index (χ3v) is 4.68. The van der Waals surface area contributed by atoms with E-state index in [4.69, 9.17) is 4.74 Å². The number of hydrogen-bond donors (Lipinski definition) is 0. The quantitative estimate of drug-likeness (QED) is 0.789. The van der Waals surface area contributed by atoms with Crippen molar-refractivity contribution in [2.75, 3.05) is 39.8 Å². The molecule has 1 fully saturated rings. The predicted octanol–water partition coefficient (Wildman–Crippen LogP) is 0.155. The molecule has 0 atom stereocenters. The number of aryl methyl sites for hydroxylation is 2. The Balaban J connectivity index is 1.45. The molecule has 0 N–H and O–H groups in total. The summed E-state index contributed by atoms with van der Waals surface area (Å²) in [6.07, 6.45) is 3.76. The zero-order valence-electron chi connectivity index (χ0n) is 13.7. The largest absolute Gasteiger partial charge is 0.453 e. The second-order valence-electron chi connectivity index (χ2n) is 6.18. The van der Waals surface area contributed by atoms with Gasteiger partial charge < -0.3 is 9.64 Å². The maximum Gasteiger partial charge on any atom is 0.409 e. The molecule has 0 spiro atoms. The van der Waals surface area contributed by atoms with Gasteiger partial charge in [-0.05, 0) is 19.3 Å². The number of fused-ring (bicyclic) bond motifs is 1. The summed E-state index contributed by atoms with van der Waals surface area (Å²) in [6, 6.07) is 0. The Morgan fingerprint density at radius 3 is 2.61 bits per heavy atom. The van der Waals surface area contributed by atoms with Crippen LogP contribution in [0, 0.1) is 0 Å². The second kappa shape index (κ2) is 7.16. The number of carbonyl (C=O) groups is 1. The molecular weight excluding hydrogens is 298 g/mol. The summed E-state index contributed by atoms with van der Waals surface area (Å²) in [5.74, 6) is 0.938. The van der Waals surface area contributed by atoms with Gasteiger partial charge in [-0.2, -0.15) is 5.10 Å². The summed E-state index contributed by atoms with van der Waals surface area (Å²) in [7, 11) is 1.41. The Labute approximate surface area is 135 Å². The normalized spacial score (nSPS) is 18.7. The number of methoxy groups -OCH3 is 1. The molecule has 3 rings (SSSR count). The maximum absolute atomic E-state index is 12.2. The molecule has 23 heavy (non-hydrogen) atoms. The highest BCUT2D eigenvalue weighted by atomic mass is 16.5. The van der Waals surface area contributed by atoms with Crippen LogP contribution in [0.2, 0.25) is 0 Å². The Kier molecular flexibility index (Phi) is 5.00. The van der Waals surface area contributed by atoms with Gasteiger partial charge in [0.25, 0.3) is 0 Å². The molecule has 0 saturated carbocycles. The summed E-state index contributed by atoms with van der Waals surface area (Å²) in [5, 5.41) is 4.46. The SMILES string of the molecule is COC(=O)N1CCN(CCCn2nc3n(c2=O)CCCC3)CC1. The van der Waals surface area contributed by atoms with E-state index in [1.54, 1.807) is 9.58 Å². The highest BCUT2D eigenvalue weighted by Gasteiger charge is 2.21. The lowest BCUT2D eigenvalue weighted by Crippen LogP contribution is -2.48. The summed E-state index contributed by atoms with van der Waals surface area (Å²) in [6.45, 7) is 5.49. The van der Waals surface area contributed by atoms with Gasteiger partial charge in [0.1, 0.15) is 5.82 Å². The molecule has 1 aromatic heterocycles. The average Bonchev–Trinajstić information content (AvgIpc) is 2.91. The number of aromatic nitrogens is 3. The number of amides is 1. The van der Waals surface area contributed by atoms with Crippen molar-refractivity contribution >= 4 is 6.09 Å². The molecule has 2 aliphatic heterocycles. The zero-order valence-corrected chi connectivity index (χ0v) is 13.7. The standard InChI is InChI=1S/C15H25N5O3/c1-23-15(22)18-11-9-17(10-12-18)6-4-8-20-14(21)19-7-3-2-5-13(19)16-20/h2-12H2,1H3. The number of piperazine rings is 1. The van der Waals surface area contributed by atoms with E-state index < -0.39 is 0 Å². The van der Waals surface area contributed by atoms with Crippen molar-refractivity contribution in [3.8, 4) is 0 Å². The topological polar surface area (TPSA) is 72.6 Å². The molecule has 0 unspecified atom stereocenters. The van der Waals surface area contributed by atoms with Crippen molar-refractivity contribution in [1.29, 1.82) is 0 Å². The molecule has 0 aromatic carbocycles. The van der Waals surface area contributed by atoms with Crippen LogP contribution in [0.5, 0.6) is 0 Å². The molecule has 8 heteroatoms. The minimum Gasteiger partial charge on any atom is -0.453 e. The third kappa shape index (κ3) is 3.57. The maximum atomic E-state index is 12.2. The van der Waals surface area contributed by atoms with Gasteiger partial charge in [-0.15, -0.1) is 0 Å². The van der Waals surface area contributed by atoms with Crippen molar-refractivity contribution < 1.29 is 9.53 Å². The van der Waals surface area contributed by atoms with E-state index in [9.17, 15) is 9.59 Å². The average molecular weight is 323 g/mol. The Morgan fingerprint density at radius 1 is 1.13 bits per heavy atom. The van der Waals surface area contributed by atoms with Crippen molar-refractivity contribution in [2.24, 2.45) is 0 Å². The first-order valence-electron chi connectivity index (χ1n) is 8.41. The van der Waals surface area contributed by atoms with Gasteiger partial charge >= 0.3 is 11.8 Å². The van der Waals surface area contributed by atoms with E-state index in [1.165, 1.54) is 7.11 Å². The van der Waals surface area contributed by atoms with E-state index >= 15 is 0 Å². The fourth-order valence-electron chi connectivity index (χ4n) is 3.32. The fraction of sp³-hybridized carbons (Fsp3) is 0.800. The molecule has 0 bridgehead atoms. The van der Waals surface area contributed by atoms with Crippen molar-refractivity contribution in [3.63, 3.8) is 0 Å². The van der Waals surface area contributed by atoms with Crippen molar-refractivity contribution in [2.45, 2.75) is 38.8 Å². The highest BCUT2D eigenvalue weighted by Crippen LogP contribution is 2.09. The molecule has 0 aliphatic carbocycles. The molecule has 3 heterocycles. The van der Waals surface area contributed by atoms with Crippen LogP contribution in [-0.2, 0) is 24.2 Å². The van der Waals surface area contributed by atoms with Gasteiger partial charge in [-0.25, -0.2) is 14.3 Å². The van der Waals surface area contributed by atoms with Crippen LogP contribution in [0.25, 0.3) is 0 Å². The number of nitrogens with zero attached hydrogens (tertiary/aromatic N) is 5. The van der Waals surface area contributed by atoms with Crippen LogP contribution in [0.15, 0.2) is 4.79 Å². The van der Waals surface area contributed by atoms with Crippen LogP contribution in [0.1, 0.15) is 25.1 Å². The van der Waals surface area contributed by atoms with Crippen molar-refractivity contribution in [1.82, 2.24) is 24.1 Å². The van der Waals surface area contributed by atoms with Crippen LogP contribution in [0.4, 0.5) is 4.79 Å². The second-order valence-corrected chi connectivity index (χ2v) is 6.18. The summed E-state index contributed by atoms with van der Waals surface area (Å²) in [4.78, 5) is 27.7. The molecule has 0 radical (unpaired) electrons. The molecule has 1 saturated heterocycles. The summed E-state index contributed by atoms with van der Waals surface area (Å²) < 4.78 is 8.17. The first kappa shape index (κ1) is 16.0. The van der Waals surface area contributed by atoms with Crippen molar-refractivity contribution in [3.05, 3.63) is 16.3 Å². The summed E-state index contributed by atoms with van der Waals surface area (Å²) in [5.41, 5.74) is 0.0372. The lowest BCUT2D eigenvalue weighted by atomic mass is 10.2. The Bertz CT molecular complexity index is 601. The molecule has 1 aromatic rings. The Morgan fingerprint density at radius 2 is 1.91 bits per heavy atom. The van der Waals surface area contributed by atoms with Gasteiger partial charge in [-0.3, -0.25) is 9.47 Å². The number of carbonyl (C=O) groups excluding carboxylic acids is 1. The van der Waals surface area contributed by atoms with E-state index in [-0.39, 0.29) is 11.8 Å². The van der Waals surface area contributed by atoms with Crippen LogP contribution >= 0.6 is 0 Å². The first-order valence-corrected chi connectivity index (χ1v) is 8.41. The van der Waals surface area contributed by atoms with E-state index in [2.05, 4.69) is 10.00 Å². The molecule has 8 nitrogen and oxygen atoms in total. The lowest BCUT2D eigenvalue weighted by Gasteiger charge is -2.33. The van der Waals surface area contributed by atoms with E-state index in [0.29, 0.717) is 19.6 Å². The minimum atomic E-state index is -0.250. The van der Waals surface area contributed by atoms with Gasteiger partial charge in [0.05, 0.1) is 7.11 Å². The summed E-state index contributed by atoms with van der Waals surface area (Å²) >= 11 is 0. The number of rotatable bonds is 4. The smallest absolute Gasteiger partial charge is 0.409 e. The molecule has 128 valence electrons. The predicted molar refractivity (Wildman–Crippen MR) is 84.5 cm³/mol.